The van der Waals surface area contributed by atoms with Crippen LogP contribution in [0.3, 0.4) is 0 Å². The summed E-state index contributed by atoms with van der Waals surface area (Å²) in [6.45, 7) is 4.63. The highest BCUT2D eigenvalue weighted by Gasteiger charge is 2.23. The maximum absolute atomic E-state index is 11.4. The first kappa shape index (κ1) is 15.4. The van der Waals surface area contributed by atoms with Gasteiger partial charge in [0.15, 0.2) is 0 Å². The third-order valence-corrected chi connectivity index (χ3v) is 3.42. The zero-order valence-corrected chi connectivity index (χ0v) is 12.1. The Hall–Kier alpha value is -0.660. The minimum atomic E-state index is -3.21. The number of carbonyl (C=O) groups is 1. The summed E-state index contributed by atoms with van der Waals surface area (Å²) in [7, 11) is -3.21. The van der Waals surface area contributed by atoms with E-state index in [2.05, 4.69) is 15.4 Å². The standard InChI is InChI=1S/C11H23N3O3S/c1-11(2,14-18(3,16)17)8-12-7-6-10(15)13-9-4-5-9/h9,12,14H,4-8H2,1-3H3,(H,13,15). The van der Waals surface area contributed by atoms with Crippen LogP contribution in [0, 0.1) is 0 Å². The molecular weight excluding hydrogens is 254 g/mol. The van der Waals surface area contributed by atoms with Gasteiger partial charge < -0.3 is 10.6 Å². The zero-order valence-electron chi connectivity index (χ0n) is 11.2. The molecule has 0 atom stereocenters. The molecule has 0 saturated heterocycles. The first-order valence-corrected chi connectivity index (χ1v) is 8.06. The minimum absolute atomic E-state index is 0.0545. The van der Waals surface area contributed by atoms with E-state index in [0.717, 1.165) is 19.1 Å². The summed E-state index contributed by atoms with van der Waals surface area (Å²) >= 11 is 0. The maximum Gasteiger partial charge on any atom is 0.221 e. The van der Waals surface area contributed by atoms with Crippen molar-refractivity contribution in [3.63, 3.8) is 0 Å². The van der Waals surface area contributed by atoms with Crippen molar-refractivity contribution in [2.24, 2.45) is 0 Å². The van der Waals surface area contributed by atoms with Gasteiger partial charge in [-0.2, -0.15) is 0 Å². The molecule has 1 rings (SSSR count). The molecule has 3 N–H and O–H groups in total. The van der Waals surface area contributed by atoms with Crippen LogP contribution in [0.5, 0.6) is 0 Å². The van der Waals surface area contributed by atoms with Crippen LogP contribution in [-0.2, 0) is 14.8 Å². The normalized spacial score (nSPS) is 16.6. The Labute approximate surface area is 109 Å². The lowest BCUT2D eigenvalue weighted by Gasteiger charge is -2.25. The molecule has 6 nitrogen and oxygen atoms in total. The molecule has 18 heavy (non-hydrogen) atoms. The van der Waals surface area contributed by atoms with E-state index in [9.17, 15) is 13.2 Å². The van der Waals surface area contributed by atoms with E-state index < -0.39 is 15.6 Å². The van der Waals surface area contributed by atoms with Crippen LogP contribution in [0.15, 0.2) is 0 Å². The number of amides is 1. The molecule has 0 aromatic rings. The fraction of sp³-hybridized carbons (Fsp3) is 0.909. The zero-order chi connectivity index (χ0) is 13.8. The highest BCUT2D eigenvalue weighted by atomic mass is 32.2. The Morgan fingerprint density at radius 2 is 1.94 bits per heavy atom. The predicted octanol–water partition coefficient (Wildman–Crippen LogP) is -0.427. The van der Waals surface area contributed by atoms with Gasteiger partial charge in [0.2, 0.25) is 15.9 Å². The van der Waals surface area contributed by atoms with Crippen molar-refractivity contribution >= 4 is 15.9 Å². The van der Waals surface area contributed by atoms with Crippen molar-refractivity contribution in [2.75, 3.05) is 19.3 Å². The van der Waals surface area contributed by atoms with Gasteiger partial charge in [-0.1, -0.05) is 0 Å². The lowest BCUT2D eigenvalue weighted by molar-refractivity contribution is -0.121. The van der Waals surface area contributed by atoms with Crippen LogP contribution in [-0.4, -0.2) is 45.3 Å². The van der Waals surface area contributed by atoms with E-state index in [1.54, 1.807) is 13.8 Å². The van der Waals surface area contributed by atoms with Gasteiger partial charge in [0.05, 0.1) is 6.26 Å². The van der Waals surface area contributed by atoms with Crippen molar-refractivity contribution < 1.29 is 13.2 Å². The Morgan fingerprint density at radius 3 is 2.44 bits per heavy atom. The third kappa shape index (κ3) is 7.62. The van der Waals surface area contributed by atoms with Crippen LogP contribution in [0.1, 0.15) is 33.1 Å². The highest BCUT2D eigenvalue weighted by molar-refractivity contribution is 7.88. The number of rotatable bonds is 8. The Bertz CT molecular complexity index is 388. The molecule has 1 aliphatic rings. The molecule has 1 amide bonds. The first-order valence-electron chi connectivity index (χ1n) is 6.17. The van der Waals surface area contributed by atoms with Crippen LogP contribution < -0.4 is 15.4 Å². The van der Waals surface area contributed by atoms with Gasteiger partial charge in [-0.15, -0.1) is 0 Å². The van der Waals surface area contributed by atoms with Crippen molar-refractivity contribution in [3.05, 3.63) is 0 Å². The fourth-order valence-corrected chi connectivity index (χ4v) is 2.74. The van der Waals surface area contributed by atoms with Crippen LogP contribution >= 0.6 is 0 Å². The summed E-state index contributed by atoms with van der Waals surface area (Å²) in [5.74, 6) is 0.0545. The fourth-order valence-electron chi connectivity index (χ4n) is 1.67. The molecule has 0 aliphatic heterocycles. The summed E-state index contributed by atoms with van der Waals surface area (Å²) in [6.07, 6.45) is 3.73. The minimum Gasteiger partial charge on any atom is -0.353 e. The Balaban J connectivity index is 2.13. The van der Waals surface area contributed by atoms with E-state index >= 15 is 0 Å². The highest BCUT2D eigenvalue weighted by Crippen LogP contribution is 2.18. The monoisotopic (exact) mass is 277 g/mol. The number of nitrogens with one attached hydrogen (secondary N) is 3. The van der Waals surface area contributed by atoms with E-state index in [1.165, 1.54) is 0 Å². The van der Waals surface area contributed by atoms with Crippen molar-refractivity contribution in [2.45, 2.75) is 44.7 Å². The van der Waals surface area contributed by atoms with Gasteiger partial charge in [-0.3, -0.25) is 4.79 Å². The molecule has 0 aromatic carbocycles. The quantitative estimate of drug-likeness (QED) is 0.526. The van der Waals surface area contributed by atoms with Gasteiger partial charge in [0.25, 0.3) is 0 Å². The van der Waals surface area contributed by atoms with Crippen molar-refractivity contribution in [3.8, 4) is 0 Å². The lowest BCUT2D eigenvalue weighted by Crippen LogP contribution is -2.50. The second kappa shape index (κ2) is 5.99. The molecule has 1 saturated carbocycles. The molecule has 7 heteroatoms. The van der Waals surface area contributed by atoms with Crippen LogP contribution in [0.2, 0.25) is 0 Å². The number of sulfonamides is 1. The van der Waals surface area contributed by atoms with Gasteiger partial charge in [0, 0.05) is 31.1 Å². The summed E-state index contributed by atoms with van der Waals surface area (Å²) in [5.41, 5.74) is -0.555. The Morgan fingerprint density at radius 1 is 1.33 bits per heavy atom. The third-order valence-electron chi connectivity index (χ3n) is 2.50. The molecule has 0 bridgehead atoms. The van der Waals surface area contributed by atoms with Gasteiger partial charge in [-0.05, 0) is 26.7 Å². The summed E-state index contributed by atoms with van der Waals surface area (Å²) in [5, 5.41) is 5.98. The van der Waals surface area contributed by atoms with E-state index in [-0.39, 0.29) is 5.91 Å². The first-order chi connectivity index (χ1) is 8.18. The van der Waals surface area contributed by atoms with Crippen LogP contribution in [0.25, 0.3) is 0 Å². The molecule has 106 valence electrons. The second-order valence-corrected chi connectivity index (χ2v) is 7.28. The molecule has 1 fully saturated rings. The van der Waals surface area contributed by atoms with Gasteiger partial charge >= 0.3 is 0 Å². The average Bonchev–Trinajstić information content (AvgIpc) is 2.92. The van der Waals surface area contributed by atoms with E-state index in [4.69, 9.17) is 0 Å². The smallest absolute Gasteiger partial charge is 0.221 e. The van der Waals surface area contributed by atoms with Crippen molar-refractivity contribution in [1.29, 1.82) is 0 Å². The molecule has 1 aliphatic carbocycles. The van der Waals surface area contributed by atoms with Gasteiger partial charge in [0.1, 0.15) is 0 Å². The van der Waals surface area contributed by atoms with E-state index in [0.29, 0.717) is 25.6 Å². The molecule has 0 heterocycles. The Kier molecular flexibility index (Phi) is 5.12. The predicted molar refractivity (Wildman–Crippen MR) is 70.7 cm³/mol. The second-order valence-electron chi connectivity index (χ2n) is 5.53. The summed E-state index contributed by atoms with van der Waals surface area (Å²) in [6, 6.07) is 0.390. The average molecular weight is 277 g/mol. The van der Waals surface area contributed by atoms with E-state index in [1.807, 2.05) is 0 Å². The molecule has 0 radical (unpaired) electrons. The van der Waals surface area contributed by atoms with Gasteiger partial charge in [-0.25, -0.2) is 13.1 Å². The SMILES string of the molecule is CC(C)(CNCCC(=O)NC1CC1)NS(C)(=O)=O. The number of carbonyl (C=O) groups excluding carboxylic acids is 1. The van der Waals surface area contributed by atoms with Crippen LogP contribution in [0.4, 0.5) is 0 Å². The topological polar surface area (TPSA) is 87.3 Å². The summed E-state index contributed by atoms with van der Waals surface area (Å²) in [4.78, 5) is 11.4. The molecule has 0 spiro atoms. The summed E-state index contributed by atoms with van der Waals surface area (Å²) < 4.78 is 24.8. The molecule has 0 unspecified atom stereocenters. The van der Waals surface area contributed by atoms with Crippen molar-refractivity contribution in [1.82, 2.24) is 15.4 Å². The number of hydrogen-bond acceptors (Lipinski definition) is 4. The maximum atomic E-state index is 11.4. The molecular formula is C11H23N3O3S. The lowest BCUT2D eigenvalue weighted by atomic mass is 10.1. The number of hydrogen-bond donors (Lipinski definition) is 3. The largest absolute Gasteiger partial charge is 0.353 e. The molecule has 0 aromatic heterocycles.